The normalized spacial score (nSPS) is 10.8. The lowest BCUT2D eigenvalue weighted by Crippen LogP contribution is -3.00. The Kier molecular flexibility index (Phi) is 5.09. The van der Waals surface area contributed by atoms with Gasteiger partial charge in [0.15, 0.2) is 17.7 Å². The lowest BCUT2D eigenvalue weighted by atomic mass is 10.0. The summed E-state index contributed by atoms with van der Waals surface area (Å²) < 4.78 is 18.5. The van der Waals surface area contributed by atoms with E-state index in [9.17, 15) is 0 Å². The number of fused-ring (bicyclic) bond motifs is 5. The van der Waals surface area contributed by atoms with Crippen LogP contribution in [0, 0.1) is 0 Å². The van der Waals surface area contributed by atoms with Crippen LogP contribution in [-0.2, 0) is 7.05 Å². The molecule has 1 aromatic heterocycles. The van der Waals surface area contributed by atoms with Crippen molar-refractivity contribution in [3.05, 3.63) is 48.7 Å². The van der Waals surface area contributed by atoms with Crippen molar-refractivity contribution in [3.8, 4) is 17.2 Å². The van der Waals surface area contributed by atoms with E-state index in [1.807, 2.05) is 18.2 Å². The van der Waals surface area contributed by atoms with Crippen molar-refractivity contribution in [3.63, 3.8) is 0 Å². The van der Waals surface area contributed by atoms with E-state index in [2.05, 4.69) is 42.1 Å². The van der Waals surface area contributed by atoms with Crippen LogP contribution in [0.4, 0.5) is 0 Å². The molecule has 0 bridgehead atoms. The van der Waals surface area contributed by atoms with Gasteiger partial charge < -0.3 is 38.2 Å². The van der Waals surface area contributed by atoms with E-state index in [0.29, 0.717) is 0 Å². The SMILES string of the molecule is COc1ccc2c(c1)c[n+](C)c1c3cc(OC)c(OC)cc3ccc21.[I-]. The average molecular weight is 461 g/mol. The van der Waals surface area contributed by atoms with Crippen molar-refractivity contribution in [2.75, 3.05) is 21.3 Å². The van der Waals surface area contributed by atoms with Gasteiger partial charge >= 0.3 is 0 Å². The first-order chi connectivity index (χ1) is 12.2. The first-order valence-corrected chi connectivity index (χ1v) is 8.11. The molecule has 1 heterocycles. The third-order valence-corrected chi connectivity index (χ3v) is 4.73. The fraction of sp³-hybridized carbons (Fsp3) is 0.190. The number of aromatic nitrogens is 1. The quantitative estimate of drug-likeness (QED) is 0.259. The van der Waals surface area contributed by atoms with E-state index < -0.39 is 0 Å². The van der Waals surface area contributed by atoms with Crippen LogP contribution in [-0.4, -0.2) is 21.3 Å². The second kappa shape index (κ2) is 7.15. The molecule has 5 heteroatoms. The maximum absolute atomic E-state index is 5.50. The molecule has 0 saturated heterocycles. The van der Waals surface area contributed by atoms with Gasteiger partial charge in [-0.3, -0.25) is 0 Å². The Balaban J connectivity index is 0.00000196. The summed E-state index contributed by atoms with van der Waals surface area (Å²) in [5, 5.41) is 5.80. The van der Waals surface area contributed by atoms with Crippen molar-refractivity contribution in [2.45, 2.75) is 0 Å². The van der Waals surface area contributed by atoms with Crippen LogP contribution in [0.2, 0.25) is 0 Å². The Morgan fingerprint density at radius 3 is 2.08 bits per heavy atom. The predicted octanol–water partition coefficient (Wildman–Crippen LogP) is 1.00. The van der Waals surface area contributed by atoms with Gasteiger partial charge in [-0.2, -0.15) is 4.57 Å². The van der Waals surface area contributed by atoms with E-state index in [4.69, 9.17) is 14.2 Å². The minimum Gasteiger partial charge on any atom is -1.00 e. The zero-order chi connectivity index (χ0) is 17.6. The molecule has 4 aromatic rings. The Labute approximate surface area is 169 Å². The van der Waals surface area contributed by atoms with Crippen LogP contribution in [0.5, 0.6) is 17.2 Å². The highest BCUT2D eigenvalue weighted by molar-refractivity contribution is 6.14. The highest BCUT2D eigenvalue weighted by atomic mass is 127. The van der Waals surface area contributed by atoms with Crippen molar-refractivity contribution >= 4 is 32.4 Å². The molecule has 26 heavy (non-hydrogen) atoms. The summed E-state index contributed by atoms with van der Waals surface area (Å²) in [5.41, 5.74) is 1.16. The highest BCUT2D eigenvalue weighted by Crippen LogP contribution is 2.36. The summed E-state index contributed by atoms with van der Waals surface area (Å²) >= 11 is 0. The maximum Gasteiger partial charge on any atom is 0.220 e. The average Bonchev–Trinajstić information content (AvgIpc) is 2.65. The zero-order valence-corrected chi connectivity index (χ0v) is 17.3. The lowest BCUT2D eigenvalue weighted by Gasteiger charge is -2.11. The van der Waals surface area contributed by atoms with Gasteiger partial charge in [-0.05, 0) is 41.8 Å². The summed E-state index contributed by atoms with van der Waals surface area (Å²) in [6.07, 6.45) is 2.14. The van der Waals surface area contributed by atoms with E-state index in [1.165, 1.54) is 10.8 Å². The molecule has 0 aliphatic heterocycles. The van der Waals surface area contributed by atoms with Gasteiger partial charge in [0.2, 0.25) is 5.52 Å². The Hall–Kier alpha value is -2.28. The van der Waals surface area contributed by atoms with Gasteiger partial charge in [-0.25, -0.2) is 0 Å². The zero-order valence-electron chi connectivity index (χ0n) is 15.2. The van der Waals surface area contributed by atoms with Gasteiger partial charge in [-0.15, -0.1) is 0 Å². The summed E-state index contributed by atoms with van der Waals surface area (Å²) in [5.74, 6) is 2.33. The number of rotatable bonds is 3. The standard InChI is InChI=1S/C21H20NO3.HI/c1-22-12-14-9-15(23-2)6-8-16(14)17-7-5-13-10-19(24-3)20(25-4)11-18(13)21(17)22;/h5-12H,1-4H3;1H/q+1;/p-1. The second-order valence-electron chi connectivity index (χ2n) is 6.08. The number of ether oxygens (including phenoxy) is 3. The van der Waals surface area contributed by atoms with Gasteiger partial charge in [0.05, 0.1) is 37.5 Å². The van der Waals surface area contributed by atoms with E-state index in [1.54, 1.807) is 21.3 Å². The summed E-state index contributed by atoms with van der Waals surface area (Å²) in [6, 6.07) is 14.5. The fourth-order valence-corrected chi connectivity index (χ4v) is 3.53. The van der Waals surface area contributed by atoms with E-state index in [-0.39, 0.29) is 24.0 Å². The van der Waals surface area contributed by atoms with Crippen LogP contribution in [0.1, 0.15) is 0 Å². The number of halogens is 1. The first-order valence-electron chi connectivity index (χ1n) is 8.11. The molecular weight excluding hydrogens is 441 g/mol. The fourth-order valence-electron chi connectivity index (χ4n) is 3.53. The number of methoxy groups -OCH3 is 3. The van der Waals surface area contributed by atoms with Crippen LogP contribution in [0.25, 0.3) is 32.4 Å². The molecule has 0 amide bonds. The van der Waals surface area contributed by atoms with Crippen LogP contribution < -0.4 is 42.8 Å². The molecule has 0 aliphatic carbocycles. The third-order valence-electron chi connectivity index (χ3n) is 4.73. The third kappa shape index (κ3) is 2.80. The molecule has 0 saturated carbocycles. The molecule has 134 valence electrons. The van der Waals surface area contributed by atoms with Gasteiger partial charge in [0, 0.05) is 5.39 Å². The number of hydrogen-bond acceptors (Lipinski definition) is 3. The monoisotopic (exact) mass is 461 g/mol. The van der Waals surface area contributed by atoms with Crippen molar-refractivity contribution in [2.24, 2.45) is 7.05 Å². The molecule has 4 nitrogen and oxygen atoms in total. The summed E-state index contributed by atoms with van der Waals surface area (Å²) in [7, 11) is 7.08. The second-order valence-corrected chi connectivity index (χ2v) is 6.08. The molecule has 0 unspecified atom stereocenters. The largest absolute Gasteiger partial charge is 1.00 e. The molecule has 0 radical (unpaired) electrons. The van der Waals surface area contributed by atoms with E-state index in [0.717, 1.165) is 38.9 Å². The molecule has 3 aromatic carbocycles. The number of aryl methyl sites for hydroxylation is 1. The predicted molar refractivity (Wildman–Crippen MR) is 99.8 cm³/mol. The minimum absolute atomic E-state index is 0. The smallest absolute Gasteiger partial charge is 0.220 e. The highest BCUT2D eigenvalue weighted by Gasteiger charge is 2.17. The van der Waals surface area contributed by atoms with E-state index >= 15 is 0 Å². The van der Waals surface area contributed by atoms with Crippen molar-refractivity contribution < 1.29 is 42.8 Å². The lowest BCUT2D eigenvalue weighted by molar-refractivity contribution is -0.642. The van der Waals surface area contributed by atoms with Crippen LogP contribution in [0.15, 0.2) is 48.7 Å². The minimum atomic E-state index is 0. The molecule has 0 spiro atoms. The molecule has 4 rings (SSSR count). The number of hydrogen-bond donors (Lipinski definition) is 0. The summed E-state index contributed by atoms with van der Waals surface area (Å²) in [6.45, 7) is 0. The Morgan fingerprint density at radius 1 is 0.692 bits per heavy atom. The van der Waals surface area contributed by atoms with Crippen LogP contribution >= 0.6 is 0 Å². The molecule has 0 N–H and O–H groups in total. The van der Waals surface area contributed by atoms with Gasteiger partial charge in [0.25, 0.3) is 0 Å². The molecule has 0 fully saturated rings. The Bertz CT molecular complexity index is 1120. The number of nitrogens with zero attached hydrogens (tertiary/aromatic N) is 1. The first kappa shape index (κ1) is 18.5. The Morgan fingerprint density at radius 2 is 1.38 bits per heavy atom. The topological polar surface area (TPSA) is 31.6 Å². The number of benzene rings is 3. The number of pyridine rings is 1. The molecular formula is C21H20INO3. The summed E-state index contributed by atoms with van der Waals surface area (Å²) in [4.78, 5) is 0. The van der Waals surface area contributed by atoms with Crippen molar-refractivity contribution in [1.82, 2.24) is 0 Å². The van der Waals surface area contributed by atoms with Crippen LogP contribution in [0.3, 0.4) is 0 Å². The van der Waals surface area contributed by atoms with Gasteiger partial charge in [0.1, 0.15) is 12.8 Å². The molecule has 0 aliphatic rings. The van der Waals surface area contributed by atoms with Gasteiger partial charge in [-0.1, -0.05) is 6.07 Å². The molecule has 0 atom stereocenters. The van der Waals surface area contributed by atoms with Crippen molar-refractivity contribution in [1.29, 1.82) is 0 Å². The maximum atomic E-state index is 5.50.